The molecule has 0 bridgehead atoms. The lowest BCUT2D eigenvalue weighted by atomic mass is 9.86. The van der Waals surface area contributed by atoms with Crippen LogP contribution >= 0.6 is 0 Å². The third-order valence-electron chi connectivity index (χ3n) is 4.58. The number of aryl methyl sites for hydroxylation is 1. The highest BCUT2D eigenvalue weighted by Crippen LogP contribution is 2.27. The minimum absolute atomic E-state index is 0.0300. The van der Waals surface area contributed by atoms with Crippen molar-refractivity contribution < 1.29 is 14.0 Å². The highest BCUT2D eigenvalue weighted by molar-refractivity contribution is 5.89. The Morgan fingerprint density at radius 1 is 1.32 bits per heavy atom. The molecule has 25 heavy (non-hydrogen) atoms. The number of carbonyl (C=O) groups is 2. The van der Waals surface area contributed by atoms with Crippen molar-refractivity contribution in [2.24, 2.45) is 7.05 Å². The molecule has 2 amide bonds. The molecule has 8 heteroatoms. The standard InChI is InChI=1S/C17H23N5O3/c1-13(23)22-9-6-17(7-10-22,19-15-5-8-21(2)20-15)16(24)18-12-14-4-3-11-25-14/h3-5,8,11H,6-7,9-10,12H2,1-2H3,(H,18,24)(H,19,20). The van der Waals surface area contributed by atoms with Gasteiger partial charge in [0.1, 0.15) is 17.1 Å². The quantitative estimate of drug-likeness (QED) is 0.847. The lowest BCUT2D eigenvalue weighted by Gasteiger charge is -2.40. The molecule has 0 atom stereocenters. The van der Waals surface area contributed by atoms with Gasteiger partial charge in [-0.05, 0) is 25.0 Å². The summed E-state index contributed by atoms with van der Waals surface area (Å²) in [7, 11) is 1.83. The Morgan fingerprint density at radius 3 is 2.64 bits per heavy atom. The van der Waals surface area contributed by atoms with Crippen molar-refractivity contribution in [1.29, 1.82) is 0 Å². The van der Waals surface area contributed by atoms with Crippen LogP contribution in [0.15, 0.2) is 35.1 Å². The van der Waals surface area contributed by atoms with Crippen molar-refractivity contribution in [1.82, 2.24) is 20.0 Å². The smallest absolute Gasteiger partial charge is 0.246 e. The van der Waals surface area contributed by atoms with Gasteiger partial charge in [0.15, 0.2) is 0 Å². The van der Waals surface area contributed by atoms with Gasteiger partial charge in [0.25, 0.3) is 0 Å². The molecule has 1 fully saturated rings. The van der Waals surface area contributed by atoms with Crippen molar-refractivity contribution in [3.05, 3.63) is 36.4 Å². The van der Waals surface area contributed by atoms with E-state index in [-0.39, 0.29) is 11.8 Å². The summed E-state index contributed by atoms with van der Waals surface area (Å²) in [6.45, 7) is 2.94. The summed E-state index contributed by atoms with van der Waals surface area (Å²) in [6.07, 6.45) is 4.44. The monoisotopic (exact) mass is 345 g/mol. The zero-order chi connectivity index (χ0) is 17.9. The average Bonchev–Trinajstić information content (AvgIpc) is 3.24. The molecular formula is C17H23N5O3. The fourth-order valence-corrected chi connectivity index (χ4v) is 3.09. The molecule has 0 spiro atoms. The highest BCUT2D eigenvalue weighted by Gasteiger charge is 2.42. The molecule has 3 rings (SSSR count). The van der Waals surface area contributed by atoms with Crippen LogP contribution in [-0.2, 0) is 23.2 Å². The number of aromatic nitrogens is 2. The van der Waals surface area contributed by atoms with Gasteiger partial charge in [0, 0.05) is 39.3 Å². The second-order valence-electron chi connectivity index (χ2n) is 6.35. The van der Waals surface area contributed by atoms with E-state index in [9.17, 15) is 9.59 Å². The molecule has 134 valence electrons. The van der Waals surface area contributed by atoms with E-state index < -0.39 is 5.54 Å². The Morgan fingerprint density at radius 2 is 2.08 bits per heavy atom. The molecule has 0 unspecified atom stereocenters. The molecule has 1 aliphatic heterocycles. The first-order valence-electron chi connectivity index (χ1n) is 8.32. The molecule has 8 nitrogen and oxygen atoms in total. The summed E-state index contributed by atoms with van der Waals surface area (Å²) < 4.78 is 6.95. The molecule has 0 aromatic carbocycles. The van der Waals surface area contributed by atoms with Gasteiger partial charge in [-0.2, -0.15) is 5.10 Å². The van der Waals surface area contributed by atoms with Crippen LogP contribution in [0.5, 0.6) is 0 Å². The predicted octanol–water partition coefficient (Wildman–Crippen LogP) is 1.12. The molecule has 1 saturated heterocycles. The Labute approximate surface area is 146 Å². The number of anilines is 1. The van der Waals surface area contributed by atoms with Gasteiger partial charge in [-0.1, -0.05) is 0 Å². The van der Waals surface area contributed by atoms with E-state index in [4.69, 9.17) is 4.42 Å². The first-order valence-corrected chi connectivity index (χ1v) is 8.32. The molecule has 1 aliphatic rings. The van der Waals surface area contributed by atoms with E-state index in [2.05, 4.69) is 15.7 Å². The van der Waals surface area contributed by atoms with Crippen LogP contribution in [0.3, 0.4) is 0 Å². The number of hydrogen-bond donors (Lipinski definition) is 2. The fourth-order valence-electron chi connectivity index (χ4n) is 3.09. The molecule has 2 aromatic heterocycles. The summed E-state index contributed by atoms with van der Waals surface area (Å²) in [6, 6.07) is 5.44. The topological polar surface area (TPSA) is 92.4 Å². The van der Waals surface area contributed by atoms with Gasteiger partial charge in [0.2, 0.25) is 11.8 Å². The number of nitrogens with zero attached hydrogens (tertiary/aromatic N) is 3. The predicted molar refractivity (Wildman–Crippen MR) is 91.6 cm³/mol. The van der Waals surface area contributed by atoms with E-state index in [1.807, 2.05) is 25.4 Å². The molecule has 0 radical (unpaired) electrons. The number of nitrogens with one attached hydrogen (secondary N) is 2. The van der Waals surface area contributed by atoms with Crippen molar-refractivity contribution in [3.63, 3.8) is 0 Å². The Hall–Kier alpha value is -2.77. The lowest BCUT2D eigenvalue weighted by molar-refractivity contribution is -0.134. The Balaban J connectivity index is 1.74. The van der Waals surface area contributed by atoms with Crippen LogP contribution in [0.25, 0.3) is 0 Å². The maximum absolute atomic E-state index is 12.9. The van der Waals surface area contributed by atoms with E-state index >= 15 is 0 Å². The number of piperidine rings is 1. The zero-order valence-corrected chi connectivity index (χ0v) is 14.5. The van der Waals surface area contributed by atoms with Gasteiger partial charge in [-0.25, -0.2) is 0 Å². The number of furan rings is 1. The van der Waals surface area contributed by atoms with Gasteiger partial charge in [-0.15, -0.1) is 0 Å². The maximum atomic E-state index is 12.9. The maximum Gasteiger partial charge on any atom is 0.246 e. The van der Waals surface area contributed by atoms with Crippen LogP contribution < -0.4 is 10.6 Å². The molecule has 3 heterocycles. The lowest BCUT2D eigenvalue weighted by Crippen LogP contribution is -2.58. The van der Waals surface area contributed by atoms with Crippen molar-refractivity contribution in [3.8, 4) is 0 Å². The zero-order valence-electron chi connectivity index (χ0n) is 14.5. The third kappa shape index (κ3) is 3.84. The largest absolute Gasteiger partial charge is 0.467 e. The van der Waals surface area contributed by atoms with Gasteiger partial charge >= 0.3 is 0 Å². The van der Waals surface area contributed by atoms with E-state index in [1.165, 1.54) is 0 Å². The number of amides is 2. The number of rotatable bonds is 5. The number of hydrogen-bond acceptors (Lipinski definition) is 5. The van der Waals surface area contributed by atoms with Gasteiger partial charge in [0.05, 0.1) is 12.8 Å². The minimum atomic E-state index is -0.799. The fraction of sp³-hybridized carbons (Fsp3) is 0.471. The van der Waals surface area contributed by atoms with Crippen molar-refractivity contribution in [2.75, 3.05) is 18.4 Å². The van der Waals surface area contributed by atoms with E-state index in [0.717, 1.165) is 0 Å². The molecular weight excluding hydrogens is 322 g/mol. The molecule has 2 aromatic rings. The van der Waals surface area contributed by atoms with E-state index in [0.29, 0.717) is 44.1 Å². The van der Waals surface area contributed by atoms with Crippen molar-refractivity contribution in [2.45, 2.75) is 31.8 Å². The van der Waals surface area contributed by atoms with Crippen LogP contribution in [-0.4, -0.2) is 45.1 Å². The second kappa shape index (κ2) is 7.00. The number of likely N-dealkylation sites (tertiary alicyclic amines) is 1. The van der Waals surface area contributed by atoms with Crippen molar-refractivity contribution >= 4 is 17.6 Å². The van der Waals surface area contributed by atoms with Crippen LogP contribution in [0, 0.1) is 0 Å². The summed E-state index contributed by atoms with van der Waals surface area (Å²) in [5, 5.41) is 10.5. The first-order chi connectivity index (χ1) is 12.0. The third-order valence-corrected chi connectivity index (χ3v) is 4.58. The first kappa shape index (κ1) is 17.1. The van der Waals surface area contributed by atoms with Gasteiger partial charge < -0.3 is 20.0 Å². The number of carbonyl (C=O) groups excluding carboxylic acids is 2. The SMILES string of the molecule is CC(=O)N1CCC(Nc2ccn(C)n2)(C(=O)NCc2ccco2)CC1. The normalized spacial score (nSPS) is 16.5. The van der Waals surface area contributed by atoms with Gasteiger partial charge in [-0.3, -0.25) is 14.3 Å². The van der Waals surface area contributed by atoms with E-state index in [1.54, 1.807) is 28.8 Å². The van der Waals surface area contributed by atoms with Crippen LogP contribution in [0.1, 0.15) is 25.5 Å². The highest BCUT2D eigenvalue weighted by atomic mass is 16.3. The minimum Gasteiger partial charge on any atom is -0.467 e. The van der Waals surface area contributed by atoms with Crippen LogP contribution in [0.2, 0.25) is 0 Å². The summed E-state index contributed by atoms with van der Waals surface area (Å²) in [4.78, 5) is 26.3. The summed E-state index contributed by atoms with van der Waals surface area (Å²) in [5.41, 5.74) is -0.799. The Bertz CT molecular complexity index is 729. The molecule has 0 aliphatic carbocycles. The Kier molecular flexibility index (Phi) is 4.78. The molecule has 2 N–H and O–H groups in total. The summed E-state index contributed by atoms with van der Waals surface area (Å²) in [5.74, 6) is 1.26. The van der Waals surface area contributed by atoms with Crippen LogP contribution in [0.4, 0.5) is 5.82 Å². The average molecular weight is 345 g/mol. The summed E-state index contributed by atoms with van der Waals surface area (Å²) >= 11 is 0. The molecule has 0 saturated carbocycles. The second-order valence-corrected chi connectivity index (χ2v) is 6.35.